The number of ether oxygens (including phenoxy) is 2. The summed E-state index contributed by atoms with van der Waals surface area (Å²) >= 11 is 0. The van der Waals surface area contributed by atoms with Gasteiger partial charge in [0.25, 0.3) is 0 Å². The predicted molar refractivity (Wildman–Crippen MR) is 140 cm³/mol. The van der Waals surface area contributed by atoms with Crippen LogP contribution >= 0.6 is 0 Å². The van der Waals surface area contributed by atoms with Crippen LogP contribution in [-0.4, -0.2) is 44.5 Å². The molecule has 11 nitrogen and oxygen atoms in total. The van der Waals surface area contributed by atoms with Crippen molar-refractivity contribution < 1.29 is 23.9 Å². The van der Waals surface area contributed by atoms with Crippen LogP contribution in [0, 0.1) is 23.7 Å². The van der Waals surface area contributed by atoms with Gasteiger partial charge in [0.05, 0.1) is 36.3 Å². The molecule has 2 saturated carbocycles. The summed E-state index contributed by atoms with van der Waals surface area (Å²) in [5.41, 5.74) is 12.6. The Bertz CT molecular complexity index is 1370. The number of amides is 2. The van der Waals surface area contributed by atoms with Crippen molar-refractivity contribution in [1.29, 1.82) is 0 Å². The third-order valence-electron chi connectivity index (χ3n) is 7.56. The van der Waals surface area contributed by atoms with E-state index < -0.39 is 35.3 Å². The molecule has 0 radical (unpaired) electrons. The highest BCUT2D eigenvalue weighted by molar-refractivity contribution is 5.86. The first kappa shape index (κ1) is 26.8. The maximum atomic E-state index is 13.0. The van der Waals surface area contributed by atoms with Crippen molar-refractivity contribution in [3.05, 3.63) is 65.6 Å². The second kappa shape index (κ2) is 10.7. The van der Waals surface area contributed by atoms with Crippen LogP contribution in [-0.2, 0) is 37.1 Å². The molecular formula is C28H34N6O5. The van der Waals surface area contributed by atoms with Gasteiger partial charge < -0.3 is 26.3 Å². The SMILES string of the molecule is CC(C)(N)C(=O)NC(COCc1ccccc1)c1nnc2cccc(COC(=O)C3[C@H]4C[C@H]4C[C@H]3C(N)=O)n12. The number of nitrogens with one attached hydrogen (secondary N) is 1. The van der Waals surface area contributed by atoms with E-state index in [1.165, 1.54) is 0 Å². The van der Waals surface area contributed by atoms with Crippen molar-refractivity contribution in [2.45, 2.75) is 51.5 Å². The Morgan fingerprint density at radius 1 is 1.08 bits per heavy atom. The van der Waals surface area contributed by atoms with E-state index in [0.717, 1.165) is 12.0 Å². The fourth-order valence-electron chi connectivity index (χ4n) is 5.39. The Morgan fingerprint density at radius 3 is 2.56 bits per heavy atom. The summed E-state index contributed by atoms with van der Waals surface area (Å²) in [5.74, 6) is -1.28. The quantitative estimate of drug-likeness (QED) is 0.313. The van der Waals surface area contributed by atoms with Crippen LogP contribution in [0.15, 0.2) is 48.5 Å². The summed E-state index contributed by atoms with van der Waals surface area (Å²) in [6.45, 7) is 3.62. The second-order valence-corrected chi connectivity index (χ2v) is 11.1. The van der Waals surface area contributed by atoms with Crippen LogP contribution in [0.5, 0.6) is 0 Å². The summed E-state index contributed by atoms with van der Waals surface area (Å²) in [5, 5.41) is 11.6. The van der Waals surface area contributed by atoms with Crippen molar-refractivity contribution >= 4 is 23.4 Å². The van der Waals surface area contributed by atoms with Gasteiger partial charge in [-0.05, 0) is 56.2 Å². The topological polar surface area (TPSA) is 164 Å². The molecule has 39 heavy (non-hydrogen) atoms. The number of nitrogens with zero attached hydrogens (tertiary/aromatic N) is 3. The first-order valence-electron chi connectivity index (χ1n) is 13.1. The predicted octanol–water partition coefficient (Wildman–Crippen LogP) is 1.64. The number of hydrogen-bond acceptors (Lipinski definition) is 8. The number of fused-ring (bicyclic) bond motifs is 2. The molecule has 0 bridgehead atoms. The molecule has 2 heterocycles. The molecule has 2 amide bonds. The number of rotatable bonds is 11. The van der Waals surface area contributed by atoms with E-state index in [-0.39, 0.29) is 25.0 Å². The van der Waals surface area contributed by atoms with E-state index in [0.29, 0.717) is 36.1 Å². The van der Waals surface area contributed by atoms with E-state index in [1.807, 2.05) is 30.3 Å². The van der Waals surface area contributed by atoms with E-state index in [1.54, 1.807) is 36.4 Å². The fourth-order valence-corrected chi connectivity index (χ4v) is 5.39. The van der Waals surface area contributed by atoms with Crippen LogP contribution < -0.4 is 16.8 Å². The van der Waals surface area contributed by atoms with Crippen molar-refractivity contribution in [3.63, 3.8) is 0 Å². The van der Waals surface area contributed by atoms with Gasteiger partial charge in [-0.2, -0.15) is 0 Å². The lowest BCUT2D eigenvalue weighted by atomic mass is 9.90. The molecule has 0 aliphatic heterocycles. The Kier molecular flexibility index (Phi) is 7.37. The number of esters is 1. The van der Waals surface area contributed by atoms with Gasteiger partial charge in [-0.3, -0.25) is 18.8 Å². The van der Waals surface area contributed by atoms with Gasteiger partial charge >= 0.3 is 5.97 Å². The summed E-state index contributed by atoms with van der Waals surface area (Å²) < 4.78 is 13.4. The first-order chi connectivity index (χ1) is 18.6. The van der Waals surface area contributed by atoms with Crippen LogP contribution in [0.3, 0.4) is 0 Å². The molecule has 2 aliphatic rings. The van der Waals surface area contributed by atoms with Gasteiger partial charge in [0, 0.05) is 0 Å². The molecule has 2 fully saturated rings. The molecule has 3 aromatic rings. The molecule has 2 aromatic heterocycles. The van der Waals surface area contributed by atoms with Gasteiger partial charge in [0.1, 0.15) is 12.6 Å². The van der Waals surface area contributed by atoms with Crippen molar-refractivity contribution in [2.75, 3.05) is 6.61 Å². The monoisotopic (exact) mass is 534 g/mol. The lowest BCUT2D eigenvalue weighted by Gasteiger charge is -2.24. The molecule has 11 heteroatoms. The van der Waals surface area contributed by atoms with E-state index in [9.17, 15) is 14.4 Å². The Morgan fingerprint density at radius 2 is 1.85 bits per heavy atom. The molecule has 0 saturated heterocycles. The molecule has 2 unspecified atom stereocenters. The summed E-state index contributed by atoms with van der Waals surface area (Å²) in [7, 11) is 0. The zero-order valence-corrected chi connectivity index (χ0v) is 22.1. The van der Waals surface area contributed by atoms with Gasteiger partial charge in [0.2, 0.25) is 11.8 Å². The molecular weight excluding hydrogens is 500 g/mol. The molecule has 0 spiro atoms. The molecule has 2 aliphatic carbocycles. The second-order valence-electron chi connectivity index (χ2n) is 11.1. The van der Waals surface area contributed by atoms with Crippen LogP contribution in [0.1, 0.15) is 49.8 Å². The molecule has 1 aromatic carbocycles. The van der Waals surface area contributed by atoms with Crippen molar-refractivity contribution in [3.8, 4) is 0 Å². The third-order valence-corrected chi connectivity index (χ3v) is 7.56. The van der Waals surface area contributed by atoms with E-state index >= 15 is 0 Å². The number of benzene rings is 1. The Labute approximate surface area is 226 Å². The summed E-state index contributed by atoms with van der Waals surface area (Å²) in [6, 6.07) is 14.4. The Hall–Kier alpha value is -3.83. The van der Waals surface area contributed by atoms with Gasteiger partial charge in [-0.15, -0.1) is 10.2 Å². The Balaban J connectivity index is 1.36. The van der Waals surface area contributed by atoms with Crippen molar-refractivity contribution in [1.82, 2.24) is 19.9 Å². The van der Waals surface area contributed by atoms with Gasteiger partial charge in [-0.25, -0.2) is 0 Å². The standard InChI is InChI=1S/C28H34N6O5/c1-28(2,30)27(37)31-21(15-38-13-16-7-4-3-5-8-16)25-33-32-22-10-6-9-18(34(22)25)14-39-26(36)23-19-11-17(19)12-20(23)24(29)35/h3-10,17,19-21,23H,11-15,30H2,1-2H3,(H2,29,35)(H,31,37)/t17-,19-,20+,21?,23?/m0/s1. The van der Waals surface area contributed by atoms with Gasteiger partial charge in [0.15, 0.2) is 11.5 Å². The van der Waals surface area contributed by atoms with E-state index in [2.05, 4.69) is 15.5 Å². The normalized spacial score (nSPS) is 22.7. The minimum absolute atomic E-state index is 0.0610. The lowest BCUT2D eigenvalue weighted by molar-refractivity contribution is -0.154. The zero-order chi connectivity index (χ0) is 27.7. The molecule has 206 valence electrons. The number of nitrogens with two attached hydrogens (primary N) is 2. The number of pyridine rings is 1. The number of hydrogen-bond donors (Lipinski definition) is 3. The minimum atomic E-state index is -1.13. The molecule has 5 rings (SSSR count). The molecule has 5 atom stereocenters. The highest BCUT2D eigenvalue weighted by Gasteiger charge is 2.58. The maximum Gasteiger partial charge on any atom is 0.310 e. The highest BCUT2D eigenvalue weighted by atomic mass is 16.5. The zero-order valence-electron chi connectivity index (χ0n) is 22.1. The lowest BCUT2D eigenvalue weighted by Crippen LogP contribution is -2.51. The van der Waals surface area contributed by atoms with Crippen molar-refractivity contribution in [2.24, 2.45) is 35.1 Å². The third kappa shape index (κ3) is 5.79. The highest BCUT2D eigenvalue weighted by Crippen LogP contribution is 2.58. The fraction of sp³-hybridized carbons (Fsp3) is 0.464. The number of carbonyl (C=O) groups is 3. The smallest absolute Gasteiger partial charge is 0.310 e. The van der Waals surface area contributed by atoms with Crippen LogP contribution in [0.25, 0.3) is 5.65 Å². The largest absolute Gasteiger partial charge is 0.459 e. The first-order valence-corrected chi connectivity index (χ1v) is 13.1. The average molecular weight is 535 g/mol. The van der Waals surface area contributed by atoms with Crippen LogP contribution in [0.4, 0.5) is 0 Å². The van der Waals surface area contributed by atoms with Gasteiger partial charge in [-0.1, -0.05) is 36.4 Å². The summed E-state index contributed by atoms with van der Waals surface area (Å²) in [4.78, 5) is 37.8. The maximum absolute atomic E-state index is 13.0. The summed E-state index contributed by atoms with van der Waals surface area (Å²) in [6.07, 6.45) is 1.57. The average Bonchev–Trinajstić information content (AvgIpc) is 3.35. The number of aromatic nitrogens is 3. The number of primary amides is 1. The minimum Gasteiger partial charge on any atom is -0.459 e. The van der Waals surface area contributed by atoms with E-state index in [4.69, 9.17) is 20.9 Å². The molecule has 5 N–H and O–H groups in total. The number of carbonyl (C=O) groups excluding carboxylic acids is 3. The van der Waals surface area contributed by atoms with Crippen LogP contribution in [0.2, 0.25) is 0 Å².